The highest BCUT2D eigenvalue weighted by Gasteiger charge is 2.02. The quantitative estimate of drug-likeness (QED) is 0.562. The molecule has 0 saturated heterocycles. The van der Waals surface area contributed by atoms with Gasteiger partial charge in [0, 0.05) is 5.75 Å². The molecule has 4 nitrogen and oxygen atoms in total. The van der Waals surface area contributed by atoms with Crippen LogP contribution in [0.5, 0.6) is 11.5 Å². The fourth-order valence-corrected chi connectivity index (χ4v) is 1.35. The Balaban J connectivity index is 2.36. The van der Waals surface area contributed by atoms with Crippen molar-refractivity contribution in [1.82, 2.24) is 0 Å². The van der Waals surface area contributed by atoms with E-state index in [4.69, 9.17) is 14.6 Å². The first kappa shape index (κ1) is 13.9. The fourth-order valence-electron chi connectivity index (χ4n) is 1.10. The van der Waals surface area contributed by atoms with Crippen LogP contribution in [0.2, 0.25) is 0 Å². The summed E-state index contributed by atoms with van der Waals surface area (Å²) in [7, 11) is 0. The smallest absolute Gasteiger partial charge is 0.151 e. The number of aliphatic hydroxyl groups is 1. The largest absolute Gasteiger partial charge is 0.493 e. The van der Waals surface area contributed by atoms with Gasteiger partial charge in [-0.05, 0) is 30.5 Å². The molecule has 1 rings (SSSR count). The highest BCUT2D eigenvalue weighted by atomic mass is 32.2. The number of carbonyl (C=O) groups excluding carboxylic acids is 1. The maximum Gasteiger partial charge on any atom is 0.151 e. The first-order chi connectivity index (χ1) is 8.26. The van der Waals surface area contributed by atoms with E-state index >= 15 is 0 Å². The molecule has 0 aliphatic heterocycles. The molecule has 0 aliphatic rings. The Kier molecular flexibility index (Phi) is 6.50. The summed E-state index contributed by atoms with van der Waals surface area (Å²) < 4.78 is 10.7. The van der Waals surface area contributed by atoms with Gasteiger partial charge in [0.25, 0.3) is 0 Å². The second-order valence-corrected chi connectivity index (χ2v) is 4.31. The SMILES string of the molecule is CSCCOc1ccc(OCC(O)C=O)cc1. The first-order valence-corrected chi connectivity index (χ1v) is 6.63. The molecule has 17 heavy (non-hydrogen) atoms. The predicted molar refractivity (Wildman–Crippen MR) is 67.9 cm³/mol. The number of thioether (sulfide) groups is 1. The Morgan fingerprint density at radius 3 is 2.41 bits per heavy atom. The molecule has 0 amide bonds. The van der Waals surface area contributed by atoms with Gasteiger partial charge in [0.1, 0.15) is 24.2 Å². The van der Waals surface area contributed by atoms with E-state index in [1.807, 2.05) is 6.26 Å². The third-order valence-corrected chi connectivity index (χ3v) is 2.53. The molecule has 94 valence electrons. The minimum Gasteiger partial charge on any atom is -0.493 e. The molecule has 0 spiro atoms. The monoisotopic (exact) mass is 256 g/mol. The Labute approximate surface area is 105 Å². The van der Waals surface area contributed by atoms with Crippen LogP contribution in [0.15, 0.2) is 24.3 Å². The molecule has 1 N–H and O–H groups in total. The minimum atomic E-state index is -1.08. The van der Waals surface area contributed by atoms with Crippen molar-refractivity contribution in [3.63, 3.8) is 0 Å². The molecule has 1 aromatic carbocycles. The molecular formula is C12H16O4S. The van der Waals surface area contributed by atoms with Crippen molar-refractivity contribution in [2.45, 2.75) is 6.10 Å². The number of rotatable bonds is 8. The van der Waals surface area contributed by atoms with Crippen molar-refractivity contribution in [2.24, 2.45) is 0 Å². The Morgan fingerprint density at radius 2 is 1.88 bits per heavy atom. The first-order valence-electron chi connectivity index (χ1n) is 5.24. The van der Waals surface area contributed by atoms with Crippen LogP contribution in [-0.2, 0) is 4.79 Å². The van der Waals surface area contributed by atoms with E-state index in [0.29, 0.717) is 18.6 Å². The van der Waals surface area contributed by atoms with Crippen LogP contribution >= 0.6 is 11.8 Å². The summed E-state index contributed by atoms with van der Waals surface area (Å²) in [4.78, 5) is 10.2. The zero-order valence-corrected chi connectivity index (χ0v) is 10.5. The summed E-state index contributed by atoms with van der Waals surface area (Å²) in [5.74, 6) is 2.33. The molecule has 0 radical (unpaired) electrons. The minimum absolute atomic E-state index is 0.0316. The third kappa shape index (κ3) is 5.60. The zero-order valence-electron chi connectivity index (χ0n) is 9.67. The second kappa shape index (κ2) is 7.97. The van der Waals surface area contributed by atoms with Gasteiger partial charge in [-0.25, -0.2) is 0 Å². The van der Waals surface area contributed by atoms with E-state index in [-0.39, 0.29) is 6.61 Å². The van der Waals surface area contributed by atoms with Crippen LogP contribution < -0.4 is 9.47 Å². The number of benzene rings is 1. The van der Waals surface area contributed by atoms with E-state index in [9.17, 15) is 4.79 Å². The Hall–Kier alpha value is -1.20. The maximum atomic E-state index is 10.2. The fraction of sp³-hybridized carbons (Fsp3) is 0.417. The second-order valence-electron chi connectivity index (χ2n) is 3.33. The lowest BCUT2D eigenvalue weighted by atomic mass is 10.3. The van der Waals surface area contributed by atoms with Crippen LogP contribution in [0, 0.1) is 0 Å². The van der Waals surface area contributed by atoms with E-state index in [2.05, 4.69) is 0 Å². The molecular weight excluding hydrogens is 240 g/mol. The van der Waals surface area contributed by atoms with Crippen molar-refractivity contribution in [1.29, 1.82) is 0 Å². The number of aliphatic hydroxyl groups excluding tert-OH is 1. The van der Waals surface area contributed by atoms with Gasteiger partial charge in [-0.2, -0.15) is 11.8 Å². The summed E-state index contributed by atoms with van der Waals surface area (Å²) in [6.07, 6.45) is 1.39. The standard InChI is InChI=1S/C12H16O4S/c1-17-7-6-15-11-2-4-12(5-3-11)16-9-10(14)8-13/h2-5,8,10,14H,6-7,9H2,1H3. The summed E-state index contributed by atoms with van der Waals surface area (Å²) in [5.41, 5.74) is 0. The predicted octanol–water partition coefficient (Wildman–Crippen LogP) is 1.37. The van der Waals surface area contributed by atoms with Gasteiger partial charge < -0.3 is 19.4 Å². The van der Waals surface area contributed by atoms with E-state index in [0.717, 1.165) is 11.5 Å². The lowest BCUT2D eigenvalue weighted by molar-refractivity contribution is -0.116. The highest BCUT2D eigenvalue weighted by Crippen LogP contribution is 2.17. The van der Waals surface area contributed by atoms with Crippen LogP contribution in [0.1, 0.15) is 0 Å². The van der Waals surface area contributed by atoms with Gasteiger partial charge in [-0.1, -0.05) is 0 Å². The Morgan fingerprint density at radius 1 is 1.29 bits per heavy atom. The van der Waals surface area contributed by atoms with Crippen molar-refractivity contribution in [2.75, 3.05) is 25.2 Å². The lowest BCUT2D eigenvalue weighted by Crippen LogP contribution is -2.18. The molecule has 1 unspecified atom stereocenters. The molecule has 0 aliphatic carbocycles. The van der Waals surface area contributed by atoms with E-state index in [1.54, 1.807) is 36.0 Å². The van der Waals surface area contributed by atoms with E-state index in [1.165, 1.54) is 0 Å². The van der Waals surface area contributed by atoms with Crippen LogP contribution in [0.4, 0.5) is 0 Å². The zero-order chi connectivity index (χ0) is 12.5. The lowest BCUT2D eigenvalue weighted by Gasteiger charge is -2.09. The molecule has 1 atom stereocenters. The van der Waals surface area contributed by atoms with Crippen molar-refractivity contribution in [3.8, 4) is 11.5 Å². The Bertz CT molecular complexity index is 326. The number of hydrogen-bond donors (Lipinski definition) is 1. The molecule has 0 bridgehead atoms. The summed E-state index contributed by atoms with van der Waals surface area (Å²) in [6, 6.07) is 7.07. The average Bonchev–Trinajstić information content (AvgIpc) is 2.37. The van der Waals surface area contributed by atoms with Gasteiger partial charge in [0.2, 0.25) is 0 Å². The van der Waals surface area contributed by atoms with Gasteiger partial charge >= 0.3 is 0 Å². The maximum absolute atomic E-state index is 10.2. The van der Waals surface area contributed by atoms with Crippen LogP contribution in [-0.4, -0.2) is 42.7 Å². The number of hydrogen-bond acceptors (Lipinski definition) is 5. The summed E-state index contributed by atoms with van der Waals surface area (Å²) in [6.45, 7) is 0.640. The number of carbonyl (C=O) groups is 1. The van der Waals surface area contributed by atoms with Crippen molar-refractivity contribution in [3.05, 3.63) is 24.3 Å². The molecule has 1 aromatic rings. The summed E-state index contributed by atoms with van der Waals surface area (Å²) >= 11 is 1.73. The third-order valence-electron chi connectivity index (χ3n) is 1.96. The van der Waals surface area contributed by atoms with Crippen LogP contribution in [0.25, 0.3) is 0 Å². The van der Waals surface area contributed by atoms with Gasteiger partial charge in [-0.3, -0.25) is 0 Å². The summed E-state index contributed by atoms with van der Waals surface area (Å²) in [5, 5.41) is 9.00. The molecule has 0 saturated carbocycles. The van der Waals surface area contributed by atoms with Gasteiger partial charge in [-0.15, -0.1) is 0 Å². The van der Waals surface area contributed by atoms with Gasteiger partial charge in [0.15, 0.2) is 6.29 Å². The van der Waals surface area contributed by atoms with Crippen molar-refractivity contribution < 1.29 is 19.4 Å². The highest BCUT2D eigenvalue weighted by molar-refractivity contribution is 7.98. The molecule has 0 fully saturated rings. The topological polar surface area (TPSA) is 55.8 Å². The van der Waals surface area contributed by atoms with Crippen LogP contribution in [0.3, 0.4) is 0 Å². The number of ether oxygens (including phenoxy) is 2. The normalized spacial score (nSPS) is 11.9. The molecule has 0 aromatic heterocycles. The molecule has 0 heterocycles. The number of aldehydes is 1. The van der Waals surface area contributed by atoms with Gasteiger partial charge in [0.05, 0.1) is 6.61 Å². The van der Waals surface area contributed by atoms with Crippen molar-refractivity contribution >= 4 is 18.0 Å². The molecule has 5 heteroatoms. The average molecular weight is 256 g/mol. The van der Waals surface area contributed by atoms with E-state index < -0.39 is 6.10 Å².